The van der Waals surface area contributed by atoms with E-state index in [1.807, 2.05) is 13.0 Å². The summed E-state index contributed by atoms with van der Waals surface area (Å²) in [6.07, 6.45) is 3.85. The van der Waals surface area contributed by atoms with Gasteiger partial charge >= 0.3 is 0 Å². The van der Waals surface area contributed by atoms with Crippen molar-refractivity contribution >= 4 is 17.3 Å². The van der Waals surface area contributed by atoms with E-state index in [4.69, 9.17) is 10.2 Å². The minimum absolute atomic E-state index is 0.0363. The molecule has 0 saturated heterocycles. The molecule has 1 amide bonds. The number of anilines is 2. The van der Waals surface area contributed by atoms with Crippen molar-refractivity contribution in [3.8, 4) is 0 Å². The van der Waals surface area contributed by atoms with Gasteiger partial charge < -0.3 is 15.1 Å². The second kappa shape index (κ2) is 3.91. The molecule has 1 aromatic carbocycles. The number of nitrogen functional groups attached to an aromatic ring is 1. The number of hydrogen-bond donors (Lipinski definition) is 1. The lowest BCUT2D eigenvalue weighted by atomic mass is 10.1. The maximum Gasteiger partial charge on any atom is 0.261 e. The Morgan fingerprint density at radius 2 is 2.28 bits per heavy atom. The summed E-state index contributed by atoms with van der Waals surface area (Å²) < 4.78 is 4.95. The summed E-state index contributed by atoms with van der Waals surface area (Å²) in [5.74, 6) is -0.0363. The van der Waals surface area contributed by atoms with Gasteiger partial charge in [-0.05, 0) is 36.6 Å². The number of nitrogens with zero attached hydrogens (tertiary/aromatic N) is 1. The van der Waals surface area contributed by atoms with E-state index in [0.29, 0.717) is 12.1 Å². The molecule has 0 aliphatic carbocycles. The van der Waals surface area contributed by atoms with E-state index in [1.54, 1.807) is 11.0 Å². The van der Waals surface area contributed by atoms with E-state index >= 15 is 0 Å². The number of benzene rings is 1. The van der Waals surface area contributed by atoms with Crippen LogP contribution >= 0.6 is 0 Å². The van der Waals surface area contributed by atoms with Gasteiger partial charge in [0, 0.05) is 17.9 Å². The van der Waals surface area contributed by atoms with Gasteiger partial charge in [0.15, 0.2) is 0 Å². The Morgan fingerprint density at radius 3 is 3.00 bits per heavy atom. The first-order chi connectivity index (χ1) is 8.66. The highest BCUT2D eigenvalue weighted by Crippen LogP contribution is 2.33. The summed E-state index contributed by atoms with van der Waals surface area (Å²) in [5.41, 5.74) is 10.4. The van der Waals surface area contributed by atoms with Gasteiger partial charge in [-0.1, -0.05) is 6.07 Å². The number of aryl methyl sites for hydroxylation is 1. The molecule has 1 aromatic heterocycles. The van der Waals surface area contributed by atoms with Crippen molar-refractivity contribution in [2.24, 2.45) is 0 Å². The normalized spacial score (nSPS) is 13.7. The average Bonchev–Trinajstić information content (AvgIpc) is 2.98. The van der Waals surface area contributed by atoms with Crippen LogP contribution in [0.2, 0.25) is 0 Å². The van der Waals surface area contributed by atoms with E-state index < -0.39 is 0 Å². The van der Waals surface area contributed by atoms with Crippen LogP contribution in [0.4, 0.5) is 11.4 Å². The second-order valence-electron chi connectivity index (χ2n) is 4.56. The lowest BCUT2D eigenvalue weighted by molar-refractivity contribution is 0.0989. The van der Waals surface area contributed by atoms with Gasteiger partial charge in [0.25, 0.3) is 5.91 Å². The molecule has 0 fully saturated rings. The van der Waals surface area contributed by atoms with Crippen molar-refractivity contribution in [2.75, 3.05) is 17.2 Å². The third-order valence-corrected chi connectivity index (χ3v) is 3.38. The molecule has 18 heavy (non-hydrogen) atoms. The number of fused-ring (bicyclic) bond motifs is 1. The van der Waals surface area contributed by atoms with Crippen molar-refractivity contribution < 1.29 is 9.21 Å². The number of rotatable bonds is 1. The standard InChI is InChI=1S/C14H14N2O2/c1-9-6-10-2-4-16(13(10)7-12(9)15)14(17)11-3-5-18-8-11/h3,5-8H,2,4,15H2,1H3. The Hall–Kier alpha value is -2.23. The first-order valence-corrected chi connectivity index (χ1v) is 5.90. The largest absolute Gasteiger partial charge is 0.472 e. The molecule has 92 valence electrons. The molecule has 0 atom stereocenters. The monoisotopic (exact) mass is 242 g/mol. The lowest BCUT2D eigenvalue weighted by Crippen LogP contribution is -2.28. The molecule has 1 aliphatic rings. The summed E-state index contributed by atoms with van der Waals surface area (Å²) in [4.78, 5) is 14.1. The van der Waals surface area contributed by atoms with Gasteiger partial charge in [0.2, 0.25) is 0 Å². The van der Waals surface area contributed by atoms with Crippen LogP contribution in [0.5, 0.6) is 0 Å². The molecule has 2 aromatic rings. The fourth-order valence-corrected chi connectivity index (χ4v) is 2.33. The molecular weight excluding hydrogens is 228 g/mol. The van der Waals surface area contributed by atoms with Crippen LogP contribution < -0.4 is 10.6 Å². The number of furan rings is 1. The highest BCUT2D eigenvalue weighted by atomic mass is 16.3. The summed E-state index contributed by atoms with van der Waals surface area (Å²) in [6.45, 7) is 2.68. The molecule has 0 saturated carbocycles. The number of amides is 1. The summed E-state index contributed by atoms with van der Waals surface area (Å²) in [7, 11) is 0. The Labute approximate surface area is 105 Å². The fourth-order valence-electron chi connectivity index (χ4n) is 2.33. The Bertz CT molecular complexity index is 603. The number of carbonyl (C=O) groups is 1. The smallest absolute Gasteiger partial charge is 0.261 e. The van der Waals surface area contributed by atoms with Crippen molar-refractivity contribution in [1.82, 2.24) is 0 Å². The highest BCUT2D eigenvalue weighted by molar-refractivity contribution is 6.07. The van der Waals surface area contributed by atoms with Gasteiger partial charge in [-0.15, -0.1) is 0 Å². The zero-order valence-corrected chi connectivity index (χ0v) is 10.1. The van der Waals surface area contributed by atoms with Crippen LogP contribution in [0.3, 0.4) is 0 Å². The van der Waals surface area contributed by atoms with Gasteiger partial charge in [-0.3, -0.25) is 4.79 Å². The predicted molar refractivity (Wildman–Crippen MR) is 69.7 cm³/mol. The lowest BCUT2D eigenvalue weighted by Gasteiger charge is -2.17. The first-order valence-electron chi connectivity index (χ1n) is 5.90. The van der Waals surface area contributed by atoms with Gasteiger partial charge in [0.1, 0.15) is 6.26 Å². The Morgan fingerprint density at radius 1 is 1.44 bits per heavy atom. The quantitative estimate of drug-likeness (QED) is 0.781. The molecule has 0 unspecified atom stereocenters. The first kappa shape index (κ1) is 10.9. The zero-order valence-electron chi connectivity index (χ0n) is 10.1. The maximum absolute atomic E-state index is 12.3. The van der Waals surface area contributed by atoms with Crippen LogP contribution in [0, 0.1) is 6.92 Å². The molecule has 0 radical (unpaired) electrons. The summed E-state index contributed by atoms with van der Waals surface area (Å²) in [6, 6.07) is 5.63. The van der Waals surface area contributed by atoms with E-state index in [2.05, 4.69) is 6.07 Å². The van der Waals surface area contributed by atoms with Crippen molar-refractivity contribution in [2.45, 2.75) is 13.3 Å². The van der Waals surface area contributed by atoms with Crippen molar-refractivity contribution in [1.29, 1.82) is 0 Å². The fraction of sp³-hybridized carbons (Fsp3) is 0.214. The van der Waals surface area contributed by atoms with Crippen LogP contribution in [0.25, 0.3) is 0 Å². The number of nitrogens with two attached hydrogens (primary N) is 1. The van der Waals surface area contributed by atoms with Gasteiger partial charge in [-0.2, -0.15) is 0 Å². The van der Waals surface area contributed by atoms with E-state index in [0.717, 1.165) is 23.4 Å². The molecule has 2 N–H and O–H groups in total. The minimum atomic E-state index is -0.0363. The topological polar surface area (TPSA) is 59.5 Å². The van der Waals surface area contributed by atoms with E-state index in [-0.39, 0.29) is 5.91 Å². The Kier molecular flexibility index (Phi) is 2.37. The van der Waals surface area contributed by atoms with Crippen molar-refractivity contribution in [3.63, 3.8) is 0 Å². The molecule has 4 heteroatoms. The molecule has 0 spiro atoms. The Balaban J connectivity index is 2.00. The van der Waals surface area contributed by atoms with Crippen LogP contribution in [-0.2, 0) is 6.42 Å². The summed E-state index contributed by atoms with van der Waals surface area (Å²) >= 11 is 0. The van der Waals surface area contributed by atoms with E-state index in [9.17, 15) is 4.79 Å². The molecule has 1 aliphatic heterocycles. The van der Waals surface area contributed by atoms with Gasteiger partial charge in [-0.25, -0.2) is 0 Å². The summed E-state index contributed by atoms with van der Waals surface area (Å²) in [5, 5.41) is 0. The second-order valence-corrected chi connectivity index (χ2v) is 4.56. The molecule has 2 heterocycles. The molecule has 3 rings (SSSR count). The van der Waals surface area contributed by atoms with E-state index in [1.165, 1.54) is 18.1 Å². The SMILES string of the molecule is Cc1cc2c(cc1N)N(C(=O)c1ccoc1)CC2. The van der Waals surface area contributed by atoms with Crippen LogP contribution in [0.15, 0.2) is 35.1 Å². The average molecular weight is 242 g/mol. The molecule has 0 bridgehead atoms. The van der Waals surface area contributed by atoms with Gasteiger partial charge in [0.05, 0.1) is 11.8 Å². The number of carbonyl (C=O) groups excluding carboxylic acids is 1. The molecular formula is C14H14N2O2. The maximum atomic E-state index is 12.3. The highest BCUT2D eigenvalue weighted by Gasteiger charge is 2.26. The van der Waals surface area contributed by atoms with Crippen LogP contribution in [0.1, 0.15) is 21.5 Å². The zero-order chi connectivity index (χ0) is 12.7. The third kappa shape index (κ3) is 1.57. The predicted octanol–water partition coefficient (Wildman–Crippen LogP) is 2.37. The van der Waals surface area contributed by atoms with Crippen molar-refractivity contribution in [3.05, 3.63) is 47.4 Å². The number of hydrogen-bond acceptors (Lipinski definition) is 3. The minimum Gasteiger partial charge on any atom is -0.472 e. The molecule has 4 nitrogen and oxygen atoms in total. The third-order valence-electron chi connectivity index (χ3n) is 3.38. The van der Waals surface area contributed by atoms with Crippen LogP contribution in [-0.4, -0.2) is 12.5 Å².